The number of aliphatic hydroxyl groups is 1. The molecule has 174 valence electrons. The van der Waals surface area contributed by atoms with Gasteiger partial charge in [-0.25, -0.2) is 14.4 Å². The molecule has 0 spiro atoms. The summed E-state index contributed by atoms with van der Waals surface area (Å²) in [5.41, 5.74) is 0.724. The number of likely N-dealkylation sites (tertiary alicyclic amines) is 1. The van der Waals surface area contributed by atoms with Crippen LogP contribution in [-0.2, 0) is 14.3 Å². The van der Waals surface area contributed by atoms with E-state index in [1.807, 2.05) is 0 Å². The fourth-order valence-electron chi connectivity index (χ4n) is 4.38. The lowest BCUT2D eigenvalue weighted by atomic mass is 9.95. The number of aryl methyl sites for hydroxylation is 2. The second-order valence-electron chi connectivity index (χ2n) is 8.24. The van der Waals surface area contributed by atoms with Crippen molar-refractivity contribution in [1.29, 1.82) is 0 Å². The van der Waals surface area contributed by atoms with Crippen LogP contribution in [0.5, 0.6) is 0 Å². The molecule has 2 fully saturated rings. The summed E-state index contributed by atoms with van der Waals surface area (Å²) in [4.78, 5) is 38.0. The number of aliphatic hydroxyl groups excluding tert-OH is 1. The fraction of sp³-hybridized carbons (Fsp3) is 0.417. The number of halogens is 1. The van der Waals surface area contributed by atoms with Crippen LogP contribution in [0.3, 0.4) is 0 Å². The zero-order valence-corrected chi connectivity index (χ0v) is 18.8. The summed E-state index contributed by atoms with van der Waals surface area (Å²) in [5.74, 6) is -2.03. The van der Waals surface area contributed by atoms with Gasteiger partial charge in [0.25, 0.3) is 11.7 Å². The number of rotatable bonds is 6. The normalized spacial score (nSPS) is 21.1. The molecular formula is C24H27FN4O4. The second-order valence-corrected chi connectivity index (χ2v) is 8.24. The van der Waals surface area contributed by atoms with Crippen molar-refractivity contribution in [3.05, 3.63) is 64.5 Å². The van der Waals surface area contributed by atoms with E-state index in [4.69, 9.17) is 4.74 Å². The topological polar surface area (TPSA) is 95.9 Å². The molecule has 0 unspecified atom stereocenters. The summed E-state index contributed by atoms with van der Waals surface area (Å²) in [6.07, 6.45) is 2.02. The van der Waals surface area contributed by atoms with Gasteiger partial charge in [0, 0.05) is 37.9 Å². The Morgan fingerprint density at radius 3 is 2.61 bits per heavy atom. The van der Waals surface area contributed by atoms with Crippen LogP contribution in [0, 0.1) is 19.7 Å². The lowest BCUT2D eigenvalue weighted by Gasteiger charge is -2.29. The number of amides is 1. The molecule has 0 saturated carbocycles. The number of nitrogens with zero attached hydrogens (tertiary/aromatic N) is 4. The summed E-state index contributed by atoms with van der Waals surface area (Å²) in [7, 11) is 0. The first kappa shape index (κ1) is 23.0. The number of benzene rings is 1. The molecule has 1 aromatic carbocycles. The summed E-state index contributed by atoms with van der Waals surface area (Å²) in [6, 6.07) is 4.97. The molecule has 0 bridgehead atoms. The molecule has 8 nitrogen and oxygen atoms in total. The van der Waals surface area contributed by atoms with Crippen LogP contribution in [-0.4, -0.2) is 76.0 Å². The number of aromatic nitrogens is 2. The Morgan fingerprint density at radius 1 is 1.18 bits per heavy atom. The Kier molecular flexibility index (Phi) is 6.80. The molecule has 2 aromatic rings. The highest BCUT2D eigenvalue weighted by Crippen LogP contribution is 2.40. The van der Waals surface area contributed by atoms with E-state index in [1.54, 1.807) is 26.0 Å². The number of morpholine rings is 1. The quantitative estimate of drug-likeness (QED) is 0.407. The van der Waals surface area contributed by atoms with E-state index in [-0.39, 0.29) is 23.2 Å². The van der Waals surface area contributed by atoms with Gasteiger partial charge in [0.2, 0.25) is 0 Å². The molecular weight excluding hydrogens is 427 g/mol. The molecule has 3 heterocycles. The summed E-state index contributed by atoms with van der Waals surface area (Å²) in [5, 5.41) is 11.1. The van der Waals surface area contributed by atoms with Gasteiger partial charge < -0.3 is 14.7 Å². The van der Waals surface area contributed by atoms with E-state index in [0.29, 0.717) is 31.2 Å². The standard InChI is InChI=1S/C24H27FN4O4/c1-15-18(14-26-16(2)27-15)22(30)20-21(17-6-3-4-7-19(17)25)29(24(32)23(20)31)9-5-8-28-10-12-33-13-11-28/h3-4,6-7,14,21,30H,5,8-13H2,1-2H3/b22-20+/t21-/m1/s1. The van der Waals surface area contributed by atoms with Crippen molar-refractivity contribution in [2.45, 2.75) is 26.3 Å². The van der Waals surface area contributed by atoms with Crippen LogP contribution in [0.4, 0.5) is 4.39 Å². The minimum absolute atomic E-state index is 0.146. The molecule has 0 radical (unpaired) electrons. The predicted molar refractivity (Wildman–Crippen MR) is 119 cm³/mol. The van der Waals surface area contributed by atoms with Crippen molar-refractivity contribution in [2.75, 3.05) is 39.4 Å². The van der Waals surface area contributed by atoms with E-state index in [1.165, 1.54) is 23.2 Å². The van der Waals surface area contributed by atoms with Gasteiger partial charge in [0.15, 0.2) is 0 Å². The maximum absolute atomic E-state index is 14.9. The SMILES string of the molecule is Cc1ncc(/C(O)=C2\C(=O)C(=O)N(CCCN3CCOCC3)[C@@H]2c2ccccc2F)c(C)n1. The van der Waals surface area contributed by atoms with Crippen LogP contribution in [0.15, 0.2) is 36.0 Å². The van der Waals surface area contributed by atoms with E-state index in [0.717, 1.165) is 19.6 Å². The molecule has 2 saturated heterocycles. The van der Waals surface area contributed by atoms with E-state index in [9.17, 15) is 19.1 Å². The number of carbonyl (C=O) groups excluding carboxylic acids is 2. The number of ether oxygens (including phenoxy) is 1. The number of hydrogen-bond donors (Lipinski definition) is 1. The third-order valence-electron chi connectivity index (χ3n) is 6.07. The van der Waals surface area contributed by atoms with E-state index >= 15 is 0 Å². The van der Waals surface area contributed by atoms with Gasteiger partial charge >= 0.3 is 0 Å². The zero-order valence-electron chi connectivity index (χ0n) is 18.8. The Bertz CT molecular complexity index is 1100. The van der Waals surface area contributed by atoms with Crippen LogP contribution in [0.1, 0.15) is 35.1 Å². The molecule has 1 aromatic heterocycles. The molecule has 9 heteroatoms. The molecule has 1 N–H and O–H groups in total. The summed E-state index contributed by atoms with van der Waals surface area (Å²) < 4.78 is 20.2. The molecule has 1 atom stereocenters. The third-order valence-corrected chi connectivity index (χ3v) is 6.07. The number of hydrogen-bond acceptors (Lipinski definition) is 7. The highest BCUT2D eigenvalue weighted by Gasteiger charge is 2.46. The molecule has 4 rings (SSSR count). The Labute approximate surface area is 191 Å². The van der Waals surface area contributed by atoms with Crippen LogP contribution in [0.25, 0.3) is 5.76 Å². The van der Waals surface area contributed by atoms with Gasteiger partial charge in [-0.05, 0) is 26.3 Å². The van der Waals surface area contributed by atoms with E-state index in [2.05, 4.69) is 14.9 Å². The molecule has 2 aliphatic heterocycles. The maximum atomic E-state index is 14.9. The smallest absolute Gasteiger partial charge is 0.295 e. The minimum Gasteiger partial charge on any atom is -0.507 e. The largest absolute Gasteiger partial charge is 0.507 e. The first-order valence-corrected chi connectivity index (χ1v) is 11.0. The number of Topliss-reactive ketones (excluding diaryl/α,β-unsaturated/α-hetero) is 1. The first-order valence-electron chi connectivity index (χ1n) is 11.0. The lowest BCUT2D eigenvalue weighted by Crippen LogP contribution is -2.39. The van der Waals surface area contributed by atoms with Gasteiger partial charge in [0.05, 0.1) is 36.1 Å². The van der Waals surface area contributed by atoms with Crippen molar-refractivity contribution in [1.82, 2.24) is 19.8 Å². The highest BCUT2D eigenvalue weighted by molar-refractivity contribution is 6.46. The van der Waals surface area contributed by atoms with Crippen molar-refractivity contribution in [3.63, 3.8) is 0 Å². The number of ketones is 1. The molecule has 2 aliphatic rings. The Hall–Kier alpha value is -3.17. The monoisotopic (exact) mass is 454 g/mol. The average Bonchev–Trinajstić information content (AvgIpc) is 3.04. The van der Waals surface area contributed by atoms with Crippen LogP contribution < -0.4 is 0 Å². The van der Waals surface area contributed by atoms with Crippen LogP contribution >= 0.6 is 0 Å². The van der Waals surface area contributed by atoms with Crippen LogP contribution in [0.2, 0.25) is 0 Å². The van der Waals surface area contributed by atoms with Crippen molar-refractivity contribution in [2.24, 2.45) is 0 Å². The predicted octanol–water partition coefficient (Wildman–Crippen LogP) is 2.38. The van der Waals surface area contributed by atoms with Gasteiger partial charge in [-0.2, -0.15) is 0 Å². The lowest BCUT2D eigenvalue weighted by molar-refractivity contribution is -0.140. The fourth-order valence-corrected chi connectivity index (χ4v) is 4.38. The molecule has 0 aliphatic carbocycles. The molecule has 1 amide bonds. The minimum atomic E-state index is -1.03. The molecule has 33 heavy (non-hydrogen) atoms. The van der Waals surface area contributed by atoms with E-state index < -0.39 is 29.3 Å². The van der Waals surface area contributed by atoms with Gasteiger partial charge in [-0.15, -0.1) is 0 Å². The second kappa shape index (κ2) is 9.76. The summed E-state index contributed by atoms with van der Waals surface area (Å²) >= 11 is 0. The van der Waals surface area contributed by atoms with Crippen molar-refractivity contribution in [3.8, 4) is 0 Å². The Balaban J connectivity index is 1.71. The highest BCUT2D eigenvalue weighted by atomic mass is 19.1. The first-order chi connectivity index (χ1) is 15.9. The van der Waals surface area contributed by atoms with Crippen molar-refractivity contribution >= 4 is 17.4 Å². The zero-order chi connectivity index (χ0) is 23.5. The Morgan fingerprint density at radius 2 is 1.91 bits per heavy atom. The van der Waals surface area contributed by atoms with Gasteiger partial charge in [-0.1, -0.05) is 18.2 Å². The maximum Gasteiger partial charge on any atom is 0.295 e. The van der Waals surface area contributed by atoms with Crippen molar-refractivity contribution < 1.29 is 23.8 Å². The average molecular weight is 455 g/mol. The number of carbonyl (C=O) groups is 2. The third kappa shape index (κ3) is 4.65. The van der Waals surface area contributed by atoms with Gasteiger partial charge in [0.1, 0.15) is 17.4 Å². The summed E-state index contributed by atoms with van der Waals surface area (Å²) in [6.45, 7) is 7.31. The van der Waals surface area contributed by atoms with Gasteiger partial charge in [-0.3, -0.25) is 14.5 Å².